The number of hydrogen-bond donors (Lipinski definition) is 1. The summed E-state index contributed by atoms with van der Waals surface area (Å²) in [6.45, 7) is 0.0130. The van der Waals surface area contributed by atoms with Gasteiger partial charge in [-0.15, -0.1) is 0 Å². The van der Waals surface area contributed by atoms with E-state index in [9.17, 15) is 9.59 Å². The largest absolute Gasteiger partial charge is 0.329 e. The Balaban J connectivity index is 2.41. The van der Waals surface area contributed by atoms with Gasteiger partial charge in [0, 0.05) is 0 Å². The molecule has 0 unspecified atom stereocenters. The summed E-state index contributed by atoms with van der Waals surface area (Å²) in [5.74, 6) is -0.307. The first-order valence-electron chi connectivity index (χ1n) is 4.15. The average molecular weight is 245 g/mol. The normalized spacial score (nSPS) is 15.7. The molecule has 0 bridgehead atoms. The smallest absolute Gasteiger partial charge is 0.328 e. The molecule has 0 saturated carbocycles. The van der Waals surface area contributed by atoms with Gasteiger partial charge in [-0.1, -0.05) is 23.2 Å². The van der Waals surface area contributed by atoms with Crippen molar-refractivity contribution in [1.29, 1.82) is 0 Å². The highest BCUT2D eigenvalue weighted by molar-refractivity contribution is 6.42. The quantitative estimate of drug-likeness (QED) is 0.769. The number of nitrogens with one attached hydrogen (secondary N) is 1. The van der Waals surface area contributed by atoms with Gasteiger partial charge in [0.2, 0.25) is 0 Å². The third-order valence-corrected chi connectivity index (χ3v) is 2.74. The Kier molecular flexibility index (Phi) is 2.54. The van der Waals surface area contributed by atoms with Crippen molar-refractivity contribution in [2.75, 3.05) is 11.4 Å². The third kappa shape index (κ3) is 1.78. The molecule has 0 radical (unpaired) electrons. The predicted molar refractivity (Wildman–Crippen MR) is 57.3 cm³/mol. The van der Waals surface area contributed by atoms with Gasteiger partial charge in [0.25, 0.3) is 5.91 Å². The highest BCUT2D eigenvalue weighted by Gasteiger charge is 2.30. The number of anilines is 1. The van der Waals surface area contributed by atoms with Crippen LogP contribution in [0.15, 0.2) is 18.2 Å². The average Bonchev–Trinajstić information content (AvgIpc) is 2.52. The standard InChI is InChI=1S/C9H6Cl2N2O2/c10-6-2-1-5(3-7(6)11)13-8(14)4-12-9(13)15/h1-3H,4H2,(H,12,15). The van der Waals surface area contributed by atoms with Crippen LogP contribution in [0.3, 0.4) is 0 Å². The van der Waals surface area contributed by atoms with E-state index in [4.69, 9.17) is 23.2 Å². The lowest BCUT2D eigenvalue weighted by Gasteiger charge is -2.12. The van der Waals surface area contributed by atoms with E-state index in [0.717, 1.165) is 4.90 Å². The number of amides is 3. The van der Waals surface area contributed by atoms with Crippen LogP contribution in [0.2, 0.25) is 10.0 Å². The van der Waals surface area contributed by atoms with E-state index < -0.39 is 6.03 Å². The molecule has 0 aliphatic carbocycles. The zero-order chi connectivity index (χ0) is 11.0. The molecule has 3 amide bonds. The maximum absolute atomic E-state index is 11.3. The summed E-state index contributed by atoms with van der Waals surface area (Å²) in [6.07, 6.45) is 0. The summed E-state index contributed by atoms with van der Waals surface area (Å²) in [6, 6.07) is 4.14. The molecule has 1 saturated heterocycles. The zero-order valence-electron chi connectivity index (χ0n) is 7.46. The summed E-state index contributed by atoms with van der Waals surface area (Å²) >= 11 is 11.5. The molecule has 1 fully saturated rings. The lowest BCUT2D eigenvalue weighted by atomic mass is 10.3. The monoisotopic (exact) mass is 244 g/mol. The summed E-state index contributed by atoms with van der Waals surface area (Å²) < 4.78 is 0. The Labute approximate surface area is 95.8 Å². The number of urea groups is 1. The van der Waals surface area contributed by atoms with Crippen LogP contribution < -0.4 is 10.2 Å². The maximum Gasteiger partial charge on any atom is 0.329 e. The van der Waals surface area contributed by atoms with Crippen molar-refractivity contribution in [3.63, 3.8) is 0 Å². The van der Waals surface area contributed by atoms with Crippen molar-refractivity contribution in [2.24, 2.45) is 0 Å². The Morgan fingerprint density at radius 2 is 1.93 bits per heavy atom. The summed E-state index contributed by atoms with van der Waals surface area (Å²) in [5, 5.41) is 3.10. The third-order valence-electron chi connectivity index (χ3n) is 2.00. The number of halogens is 2. The van der Waals surface area contributed by atoms with Gasteiger partial charge < -0.3 is 5.32 Å². The first-order chi connectivity index (χ1) is 7.09. The molecule has 0 atom stereocenters. The molecule has 2 rings (SSSR count). The number of imide groups is 1. The topological polar surface area (TPSA) is 49.4 Å². The van der Waals surface area contributed by atoms with Gasteiger partial charge >= 0.3 is 6.03 Å². The van der Waals surface area contributed by atoms with Crippen molar-refractivity contribution >= 4 is 40.8 Å². The number of hydrogen-bond acceptors (Lipinski definition) is 2. The van der Waals surface area contributed by atoms with Gasteiger partial charge in [-0.25, -0.2) is 9.69 Å². The number of nitrogens with zero attached hydrogens (tertiary/aromatic N) is 1. The fraction of sp³-hybridized carbons (Fsp3) is 0.111. The number of benzene rings is 1. The lowest BCUT2D eigenvalue weighted by molar-refractivity contribution is -0.115. The highest BCUT2D eigenvalue weighted by atomic mass is 35.5. The van der Waals surface area contributed by atoms with Gasteiger partial charge in [0.05, 0.1) is 22.3 Å². The first-order valence-corrected chi connectivity index (χ1v) is 4.91. The molecule has 0 aromatic heterocycles. The van der Waals surface area contributed by atoms with Crippen LogP contribution in [0.1, 0.15) is 0 Å². The molecule has 4 nitrogen and oxygen atoms in total. The molecule has 0 spiro atoms. The van der Waals surface area contributed by atoms with Gasteiger partial charge in [-0.3, -0.25) is 4.79 Å². The Morgan fingerprint density at radius 3 is 2.47 bits per heavy atom. The van der Waals surface area contributed by atoms with E-state index in [-0.39, 0.29) is 12.5 Å². The molecule has 78 valence electrons. The van der Waals surface area contributed by atoms with Crippen molar-refractivity contribution in [1.82, 2.24) is 5.32 Å². The number of carbonyl (C=O) groups is 2. The zero-order valence-corrected chi connectivity index (χ0v) is 8.97. The SMILES string of the molecule is O=C1CNC(=O)N1c1ccc(Cl)c(Cl)c1. The highest BCUT2D eigenvalue weighted by Crippen LogP contribution is 2.28. The van der Waals surface area contributed by atoms with Crippen molar-refractivity contribution in [3.8, 4) is 0 Å². The second kappa shape index (κ2) is 3.72. The minimum atomic E-state index is -0.446. The fourth-order valence-electron chi connectivity index (χ4n) is 1.31. The van der Waals surface area contributed by atoms with Crippen LogP contribution in [-0.2, 0) is 4.79 Å². The van der Waals surface area contributed by atoms with E-state index >= 15 is 0 Å². The molecule has 1 heterocycles. The van der Waals surface area contributed by atoms with E-state index in [1.807, 2.05) is 0 Å². The number of carbonyl (C=O) groups excluding carboxylic acids is 2. The summed E-state index contributed by atoms with van der Waals surface area (Å²) in [4.78, 5) is 23.7. The van der Waals surface area contributed by atoms with E-state index in [2.05, 4.69) is 5.32 Å². The van der Waals surface area contributed by atoms with Gasteiger partial charge in [-0.2, -0.15) is 0 Å². The second-order valence-corrected chi connectivity index (χ2v) is 3.80. The minimum absolute atomic E-state index is 0.0130. The molecule has 1 aromatic carbocycles. The summed E-state index contributed by atoms with van der Waals surface area (Å²) in [5.41, 5.74) is 0.421. The van der Waals surface area contributed by atoms with Crippen LogP contribution in [0.5, 0.6) is 0 Å². The van der Waals surface area contributed by atoms with Crippen LogP contribution in [0.25, 0.3) is 0 Å². The Bertz CT molecular complexity index is 432. The first kappa shape index (κ1) is 10.3. The Hall–Kier alpha value is -1.26. The molecule has 1 aromatic rings. The maximum atomic E-state index is 11.3. The van der Waals surface area contributed by atoms with Gasteiger partial charge in [0.15, 0.2) is 0 Å². The van der Waals surface area contributed by atoms with Crippen LogP contribution in [0, 0.1) is 0 Å². The van der Waals surface area contributed by atoms with Crippen LogP contribution in [-0.4, -0.2) is 18.5 Å². The van der Waals surface area contributed by atoms with Crippen molar-refractivity contribution in [3.05, 3.63) is 28.2 Å². The van der Waals surface area contributed by atoms with Gasteiger partial charge in [-0.05, 0) is 18.2 Å². The molecular formula is C9H6Cl2N2O2. The Morgan fingerprint density at radius 1 is 1.20 bits per heavy atom. The number of rotatable bonds is 1. The second-order valence-electron chi connectivity index (χ2n) is 2.99. The fourth-order valence-corrected chi connectivity index (χ4v) is 1.60. The minimum Gasteiger partial charge on any atom is -0.328 e. The van der Waals surface area contributed by atoms with E-state index in [0.29, 0.717) is 15.7 Å². The summed E-state index contributed by atoms with van der Waals surface area (Å²) in [7, 11) is 0. The molecule has 1 aliphatic heterocycles. The molecular weight excluding hydrogens is 239 g/mol. The molecule has 15 heavy (non-hydrogen) atoms. The predicted octanol–water partition coefficient (Wildman–Crippen LogP) is 2.05. The van der Waals surface area contributed by atoms with Crippen molar-refractivity contribution < 1.29 is 9.59 Å². The van der Waals surface area contributed by atoms with Crippen LogP contribution >= 0.6 is 23.2 Å². The molecule has 1 aliphatic rings. The molecule has 1 N–H and O–H groups in total. The van der Waals surface area contributed by atoms with Crippen molar-refractivity contribution in [2.45, 2.75) is 0 Å². The van der Waals surface area contributed by atoms with Gasteiger partial charge in [0.1, 0.15) is 0 Å². The van der Waals surface area contributed by atoms with Crippen LogP contribution in [0.4, 0.5) is 10.5 Å². The van der Waals surface area contributed by atoms with E-state index in [1.165, 1.54) is 12.1 Å². The molecule has 6 heteroatoms. The lowest BCUT2D eigenvalue weighted by Crippen LogP contribution is -2.30. The van der Waals surface area contributed by atoms with E-state index in [1.54, 1.807) is 6.07 Å².